The summed E-state index contributed by atoms with van der Waals surface area (Å²) < 4.78 is 0. The second kappa shape index (κ2) is 7.96. The van der Waals surface area contributed by atoms with Gasteiger partial charge in [-0.15, -0.1) is 0 Å². The molecular weight excluding hydrogens is 416 g/mol. The van der Waals surface area contributed by atoms with Crippen molar-refractivity contribution in [3.05, 3.63) is 144 Å². The maximum absolute atomic E-state index is 13.8. The number of anilines is 1. The first-order valence-corrected chi connectivity index (χ1v) is 11.6. The van der Waals surface area contributed by atoms with Gasteiger partial charge in [0.25, 0.3) is 0 Å². The van der Waals surface area contributed by atoms with Crippen LogP contribution in [-0.2, 0) is 10.3 Å². The van der Waals surface area contributed by atoms with Gasteiger partial charge >= 0.3 is 0 Å². The Morgan fingerprint density at radius 2 is 1.26 bits per heavy atom. The lowest BCUT2D eigenvalue weighted by atomic mass is 9.71. The molecule has 1 heterocycles. The molecule has 0 radical (unpaired) electrons. The van der Waals surface area contributed by atoms with Crippen molar-refractivity contribution in [3.63, 3.8) is 0 Å². The highest BCUT2D eigenvalue weighted by Gasteiger charge is 2.61. The number of nitrogens with zero attached hydrogens (tertiary/aromatic N) is 2. The molecule has 2 unspecified atom stereocenters. The first-order chi connectivity index (χ1) is 16.7. The topological polar surface area (TPSA) is 32.7 Å². The third kappa shape index (κ3) is 2.97. The molecular formula is C31H24N2O. The molecule has 3 nitrogen and oxygen atoms in total. The van der Waals surface area contributed by atoms with E-state index >= 15 is 0 Å². The molecule has 1 aliphatic heterocycles. The Labute approximate surface area is 199 Å². The van der Waals surface area contributed by atoms with E-state index in [0.29, 0.717) is 0 Å². The fourth-order valence-electron chi connectivity index (χ4n) is 5.35. The number of benzene rings is 4. The predicted molar refractivity (Wildman–Crippen MR) is 138 cm³/mol. The van der Waals surface area contributed by atoms with Crippen molar-refractivity contribution in [2.75, 3.05) is 5.01 Å². The first kappa shape index (κ1) is 20.4. The highest BCUT2D eigenvalue weighted by Crippen LogP contribution is 2.57. The zero-order valence-electron chi connectivity index (χ0n) is 18.9. The van der Waals surface area contributed by atoms with Gasteiger partial charge in [-0.25, -0.2) is 5.01 Å². The number of hydrogen-bond acceptors (Lipinski definition) is 3. The summed E-state index contributed by atoms with van der Waals surface area (Å²) in [4.78, 5) is 13.8. The summed E-state index contributed by atoms with van der Waals surface area (Å²) in [6, 6.07) is 39.0. The Morgan fingerprint density at radius 3 is 1.88 bits per heavy atom. The Morgan fingerprint density at radius 1 is 0.706 bits per heavy atom. The number of hydrogen-bond donors (Lipinski definition) is 0. The highest BCUT2D eigenvalue weighted by atomic mass is 16.1. The Balaban J connectivity index is 1.67. The van der Waals surface area contributed by atoms with Gasteiger partial charge in [-0.3, -0.25) is 4.79 Å². The molecule has 0 aromatic heterocycles. The van der Waals surface area contributed by atoms with E-state index in [0.717, 1.165) is 33.7 Å². The van der Waals surface area contributed by atoms with Crippen LogP contribution in [0.4, 0.5) is 5.69 Å². The molecule has 0 saturated carbocycles. The fourth-order valence-corrected chi connectivity index (χ4v) is 5.35. The molecule has 0 spiro atoms. The van der Waals surface area contributed by atoms with Crippen LogP contribution in [0.5, 0.6) is 0 Å². The monoisotopic (exact) mass is 440 g/mol. The maximum atomic E-state index is 13.8. The van der Waals surface area contributed by atoms with Gasteiger partial charge in [0.1, 0.15) is 11.5 Å². The van der Waals surface area contributed by atoms with Crippen molar-refractivity contribution in [2.24, 2.45) is 11.0 Å². The molecule has 3 heteroatoms. The van der Waals surface area contributed by atoms with Gasteiger partial charge in [0, 0.05) is 0 Å². The van der Waals surface area contributed by atoms with Crippen molar-refractivity contribution in [1.29, 1.82) is 0 Å². The van der Waals surface area contributed by atoms with Gasteiger partial charge in [-0.1, -0.05) is 109 Å². The average Bonchev–Trinajstić information content (AvgIpc) is 3.41. The summed E-state index contributed by atoms with van der Waals surface area (Å²) in [6.45, 7) is 2.08. The van der Waals surface area contributed by atoms with Gasteiger partial charge < -0.3 is 0 Å². The lowest BCUT2D eigenvalue weighted by Crippen LogP contribution is -2.46. The third-order valence-electron chi connectivity index (χ3n) is 6.86. The Hall–Kier alpha value is -4.24. The second-order valence-electron chi connectivity index (χ2n) is 8.89. The van der Waals surface area contributed by atoms with E-state index in [4.69, 9.17) is 5.10 Å². The zero-order chi connectivity index (χ0) is 23.1. The van der Waals surface area contributed by atoms with E-state index in [9.17, 15) is 4.79 Å². The number of allylic oxidation sites excluding steroid dienone is 1. The van der Waals surface area contributed by atoms with Crippen LogP contribution in [0.25, 0.3) is 5.57 Å². The number of carbonyl (C=O) groups excluding carboxylic acids is 1. The van der Waals surface area contributed by atoms with Gasteiger partial charge in [0.15, 0.2) is 5.78 Å². The van der Waals surface area contributed by atoms with Crippen LogP contribution >= 0.6 is 0 Å². The van der Waals surface area contributed by atoms with Crippen LogP contribution in [0.3, 0.4) is 0 Å². The van der Waals surface area contributed by atoms with E-state index in [-0.39, 0.29) is 5.78 Å². The number of hydrazone groups is 1. The summed E-state index contributed by atoms with van der Waals surface area (Å²) >= 11 is 0. The predicted octanol–water partition coefficient (Wildman–Crippen LogP) is 6.40. The second-order valence-corrected chi connectivity index (χ2v) is 8.89. The smallest absolute Gasteiger partial charge is 0.168 e. The molecule has 4 aromatic rings. The van der Waals surface area contributed by atoms with Gasteiger partial charge in [0.05, 0.1) is 11.4 Å². The quantitative estimate of drug-likeness (QED) is 0.368. The van der Waals surface area contributed by atoms with Crippen LogP contribution in [0.15, 0.2) is 126 Å². The normalized spacial score (nSPS) is 21.3. The molecule has 34 heavy (non-hydrogen) atoms. The summed E-state index contributed by atoms with van der Waals surface area (Å²) in [5.74, 6) is -0.367. The molecule has 6 rings (SSSR count). The van der Waals surface area contributed by atoms with Crippen LogP contribution in [0.1, 0.15) is 22.3 Å². The zero-order valence-corrected chi connectivity index (χ0v) is 18.9. The fraction of sp³-hybridized carbons (Fsp3) is 0.0968. The molecule has 2 atom stereocenters. The largest absolute Gasteiger partial charge is 0.294 e. The molecule has 1 aliphatic carbocycles. The van der Waals surface area contributed by atoms with Crippen molar-refractivity contribution in [1.82, 2.24) is 0 Å². The molecule has 4 aromatic carbocycles. The molecule has 0 bridgehead atoms. The first-order valence-electron chi connectivity index (χ1n) is 11.6. The van der Waals surface area contributed by atoms with Gasteiger partial charge in [-0.05, 0) is 47.4 Å². The lowest BCUT2D eigenvalue weighted by molar-refractivity contribution is -0.116. The lowest BCUT2D eigenvalue weighted by Gasteiger charge is -2.40. The minimum Gasteiger partial charge on any atom is -0.294 e. The van der Waals surface area contributed by atoms with Gasteiger partial charge in [0.2, 0.25) is 0 Å². The van der Waals surface area contributed by atoms with Crippen molar-refractivity contribution >= 4 is 22.8 Å². The number of aryl methyl sites for hydroxylation is 1. The van der Waals surface area contributed by atoms with E-state index in [1.54, 1.807) is 0 Å². The summed E-state index contributed by atoms with van der Waals surface area (Å²) in [6.07, 6.45) is 1.84. The maximum Gasteiger partial charge on any atom is 0.168 e. The summed E-state index contributed by atoms with van der Waals surface area (Å²) in [5.41, 5.74) is 6.20. The molecule has 164 valence electrons. The molecule has 0 saturated heterocycles. The van der Waals surface area contributed by atoms with Crippen molar-refractivity contribution in [2.45, 2.75) is 12.5 Å². The van der Waals surface area contributed by atoms with Crippen LogP contribution in [0, 0.1) is 12.8 Å². The molecule has 0 fully saturated rings. The number of carbonyl (C=O) groups is 1. The van der Waals surface area contributed by atoms with E-state index in [1.807, 2.05) is 72.8 Å². The van der Waals surface area contributed by atoms with Crippen LogP contribution < -0.4 is 5.01 Å². The van der Waals surface area contributed by atoms with Gasteiger partial charge in [-0.2, -0.15) is 5.10 Å². The minimum atomic E-state index is -0.778. The third-order valence-corrected chi connectivity index (χ3v) is 6.86. The average molecular weight is 441 g/mol. The SMILES string of the molecule is Cc1ccc(N2N=C(c3ccccc3)C3C(=O)C=C(c4ccccc4)C32c2ccccc2)cc1. The standard InChI is InChI=1S/C31H24N2O/c1-22-17-19-26(20-18-22)33-31(25-15-9-4-10-16-25)27(23-11-5-2-6-12-23)21-28(34)29(31)30(32-33)24-13-7-3-8-14-24/h2-21,29H,1H3. The Kier molecular flexibility index (Phi) is 4.77. The van der Waals surface area contributed by atoms with E-state index in [1.165, 1.54) is 5.56 Å². The Bertz CT molecular complexity index is 1410. The van der Waals surface area contributed by atoms with Crippen molar-refractivity contribution in [3.8, 4) is 0 Å². The van der Waals surface area contributed by atoms with E-state index < -0.39 is 11.5 Å². The number of ketones is 1. The van der Waals surface area contributed by atoms with Crippen LogP contribution in [0.2, 0.25) is 0 Å². The van der Waals surface area contributed by atoms with Crippen LogP contribution in [-0.4, -0.2) is 11.5 Å². The molecule has 2 aliphatic rings. The van der Waals surface area contributed by atoms with Crippen molar-refractivity contribution < 1.29 is 4.79 Å². The number of rotatable bonds is 4. The number of fused-ring (bicyclic) bond motifs is 1. The minimum absolute atomic E-state index is 0.0833. The summed E-state index contributed by atoms with van der Waals surface area (Å²) in [7, 11) is 0. The molecule has 0 N–H and O–H groups in total. The summed E-state index contributed by atoms with van der Waals surface area (Å²) in [5, 5.41) is 7.29. The molecule has 0 amide bonds. The highest BCUT2D eigenvalue weighted by molar-refractivity contribution is 6.26. The van der Waals surface area contributed by atoms with E-state index in [2.05, 4.69) is 60.5 Å².